The van der Waals surface area contributed by atoms with Crippen LogP contribution in [0.25, 0.3) is 0 Å². The molecular formula is C15H21BrN2O3. The Kier molecular flexibility index (Phi) is 6.84. The zero-order chi connectivity index (χ0) is 16.0. The summed E-state index contributed by atoms with van der Waals surface area (Å²) in [5.74, 6) is -0.474. The molecule has 0 aliphatic carbocycles. The van der Waals surface area contributed by atoms with Crippen molar-refractivity contribution in [2.45, 2.75) is 26.7 Å². The van der Waals surface area contributed by atoms with E-state index in [1.165, 1.54) is 12.1 Å². The van der Waals surface area contributed by atoms with E-state index in [2.05, 4.69) is 35.1 Å². The van der Waals surface area contributed by atoms with Crippen LogP contribution in [-0.2, 0) is 4.79 Å². The highest BCUT2D eigenvalue weighted by atomic mass is 79.9. The van der Waals surface area contributed by atoms with Gasteiger partial charge in [-0.3, -0.25) is 4.79 Å². The molecule has 0 bridgehead atoms. The van der Waals surface area contributed by atoms with E-state index in [1.54, 1.807) is 6.07 Å². The summed E-state index contributed by atoms with van der Waals surface area (Å²) < 4.78 is 0.545. The molecule has 6 heteroatoms. The Morgan fingerprint density at radius 1 is 1.38 bits per heavy atom. The second-order valence-corrected chi connectivity index (χ2v) is 6.34. The van der Waals surface area contributed by atoms with Gasteiger partial charge in [0.1, 0.15) is 0 Å². The van der Waals surface area contributed by atoms with Gasteiger partial charge in [-0.1, -0.05) is 13.8 Å². The van der Waals surface area contributed by atoms with Crippen LogP contribution >= 0.6 is 15.9 Å². The predicted octanol–water partition coefficient (Wildman–Crippen LogP) is 3.10. The number of hydrogen-bond donors (Lipinski definition) is 3. The maximum atomic E-state index is 12.0. The first-order valence-electron chi connectivity index (χ1n) is 6.86. The molecule has 0 aromatic heterocycles. The van der Waals surface area contributed by atoms with Crippen molar-refractivity contribution in [3.05, 3.63) is 28.2 Å². The van der Waals surface area contributed by atoms with Crippen molar-refractivity contribution in [3.63, 3.8) is 0 Å². The lowest BCUT2D eigenvalue weighted by Crippen LogP contribution is -2.23. The van der Waals surface area contributed by atoms with E-state index in [0.29, 0.717) is 29.0 Å². The van der Waals surface area contributed by atoms with Crippen LogP contribution in [0, 0.1) is 11.8 Å². The van der Waals surface area contributed by atoms with Crippen LogP contribution in [0.4, 0.5) is 5.69 Å². The summed E-state index contributed by atoms with van der Waals surface area (Å²) in [4.78, 5) is 22.9. The van der Waals surface area contributed by atoms with Gasteiger partial charge in [0, 0.05) is 10.9 Å². The van der Waals surface area contributed by atoms with Crippen molar-refractivity contribution < 1.29 is 14.7 Å². The summed E-state index contributed by atoms with van der Waals surface area (Å²) in [5.41, 5.74) is 6.42. The Bertz CT molecular complexity index is 518. The average Bonchev–Trinajstić information content (AvgIpc) is 2.39. The summed E-state index contributed by atoms with van der Waals surface area (Å²) in [7, 11) is 0. The zero-order valence-electron chi connectivity index (χ0n) is 12.2. The molecule has 1 rings (SSSR count). The van der Waals surface area contributed by atoms with E-state index < -0.39 is 5.97 Å². The van der Waals surface area contributed by atoms with E-state index in [-0.39, 0.29) is 17.4 Å². The summed E-state index contributed by atoms with van der Waals surface area (Å²) in [5, 5.41) is 11.7. The lowest BCUT2D eigenvalue weighted by Gasteiger charge is -2.17. The van der Waals surface area contributed by atoms with Gasteiger partial charge in [-0.15, -0.1) is 0 Å². The molecule has 0 radical (unpaired) electrons. The maximum absolute atomic E-state index is 12.0. The number of anilines is 1. The number of halogens is 1. The third-order valence-corrected chi connectivity index (χ3v) is 3.76. The monoisotopic (exact) mass is 356 g/mol. The maximum Gasteiger partial charge on any atom is 0.335 e. The molecule has 1 amide bonds. The second kappa shape index (κ2) is 8.14. The Balaban J connectivity index is 2.68. The van der Waals surface area contributed by atoms with Gasteiger partial charge in [-0.25, -0.2) is 4.79 Å². The molecule has 4 N–H and O–H groups in total. The number of rotatable bonds is 7. The van der Waals surface area contributed by atoms with Gasteiger partial charge in [0.25, 0.3) is 0 Å². The van der Waals surface area contributed by atoms with Crippen molar-refractivity contribution >= 4 is 33.5 Å². The third-order valence-electron chi connectivity index (χ3n) is 3.10. The highest BCUT2D eigenvalue weighted by Crippen LogP contribution is 2.24. The van der Waals surface area contributed by atoms with Crippen LogP contribution < -0.4 is 11.1 Å². The summed E-state index contributed by atoms with van der Waals surface area (Å²) >= 11 is 3.26. The molecule has 0 saturated heterocycles. The van der Waals surface area contributed by atoms with Crippen LogP contribution in [-0.4, -0.2) is 23.5 Å². The topological polar surface area (TPSA) is 92.4 Å². The lowest BCUT2D eigenvalue weighted by molar-refractivity contribution is -0.117. The Hall–Kier alpha value is -1.40. The molecular weight excluding hydrogens is 336 g/mol. The molecule has 1 aromatic rings. The van der Waals surface area contributed by atoms with Gasteiger partial charge >= 0.3 is 5.97 Å². The van der Waals surface area contributed by atoms with Gasteiger partial charge in [0.15, 0.2) is 0 Å². The van der Waals surface area contributed by atoms with Crippen molar-refractivity contribution in [2.24, 2.45) is 17.6 Å². The van der Waals surface area contributed by atoms with E-state index in [0.717, 1.165) is 6.42 Å². The molecule has 1 aromatic carbocycles. The second-order valence-electron chi connectivity index (χ2n) is 5.48. The molecule has 5 nitrogen and oxygen atoms in total. The standard InChI is InChI=1S/C15H21BrN2O3/c1-9(2)5-10(8-17)6-14(19)18-13-4-3-11(15(20)21)7-12(13)16/h3-4,7,9-10H,5-6,8,17H2,1-2H3,(H,18,19)(H,20,21). The number of benzene rings is 1. The minimum absolute atomic E-state index is 0.116. The van der Waals surface area contributed by atoms with Crippen molar-refractivity contribution in [1.29, 1.82) is 0 Å². The number of carbonyl (C=O) groups excluding carboxylic acids is 1. The fourth-order valence-electron chi connectivity index (χ4n) is 2.14. The van der Waals surface area contributed by atoms with Crippen LogP contribution in [0.3, 0.4) is 0 Å². The van der Waals surface area contributed by atoms with Crippen LogP contribution in [0.1, 0.15) is 37.0 Å². The lowest BCUT2D eigenvalue weighted by atomic mass is 9.94. The Morgan fingerprint density at radius 2 is 2.05 bits per heavy atom. The number of aromatic carboxylic acids is 1. The molecule has 0 heterocycles. The minimum atomic E-state index is -1.01. The number of carbonyl (C=O) groups is 2. The number of amides is 1. The van der Waals surface area contributed by atoms with E-state index in [4.69, 9.17) is 10.8 Å². The SMILES string of the molecule is CC(C)CC(CN)CC(=O)Nc1ccc(C(=O)O)cc1Br. The molecule has 1 atom stereocenters. The largest absolute Gasteiger partial charge is 0.478 e. The quantitative estimate of drug-likeness (QED) is 0.699. The van der Waals surface area contributed by atoms with E-state index in [1.807, 2.05) is 0 Å². The van der Waals surface area contributed by atoms with Crippen molar-refractivity contribution in [1.82, 2.24) is 0 Å². The van der Waals surface area contributed by atoms with E-state index >= 15 is 0 Å². The Labute approximate surface area is 133 Å². The number of carboxylic acid groups (broad SMARTS) is 1. The molecule has 0 aliphatic heterocycles. The van der Waals surface area contributed by atoms with Gasteiger partial charge < -0.3 is 16.2 Å². The van der Waals surface area contributed by atoms with Crippen molar-refractivity contribution in [2.75, 3.05) is 11.9 Å². The van der Waals surface area contributed by atoms with Crippen LogP contribution in [0.2, 0.25) is 0 Å². The number of nitrogens with one attached hydrogen (secondary N) is 1. The number of hydrogen-bond acceptors (Lipinski definition) is 3. The normalized spacial score (nSPS) is 12.2. The first-order chi connectivity index (χ1) is 9.83. The average molecular weight is 357 g/mol. The molecule has 0 fully saturated rings. The van der Waals surface area contributed by atoms with Gasteiger partial charge in [-0.2, -0.15) is 0 Å². The van der Waals surface area contributed by atoms with E-state index in [9.17, 15) is 9.59 Å². The predicted molar refractivity (Wildman–Crippen MR) is 86.3 cm³/mol. The highest BCUT2D eigenvalue weighted by Gasteiger charge is 2.15. The smallest absolute Gasteiger partial charge is 0.335 e. The fourth-order valence-corrected chi connectivity index (χ4v) is 2.62. The molecule has 116 valence electrons. The first kappa shape index (κ1) is 17.7. The van der Waals surface area contributed by atoms with Crippen LogP contribution in [0.5, 0.6) is 0 Å². The summed E-state index contributed by atoms with van der Waals surface area (Å²) in [6.45, 7) is 4.67. The molecule has 1 unspecified atom stereocenters. The molecule has 0 spiro atoms. The molecule has 0 aliphatic rings. The first-order valence-corrected chi connectivity index (χ1v) is 7.65. The Morgan fingerprint density at radius 3 is 2.52 bits per heavy atom. The number of nitrogens with two attached hydrogens (primary N) is 1. The van der Waals surface area contributed by atoms with Crippen molar-refractivity contribution in [3.8, 4) is 0 Å². The summed E-state index contributed by atoms with van der Waals surface area (Å²) in [6, 6.07) is 4.50. The highest BCUT2D eigenvalue weighted by molar-refractivity contribution is 9.10. The zero-order valence-corrected chi connectivity index (χ0v) is 13.8. The van der Waals surface area contributed by atoms with Gasteiger partial charge in [0.2, 0.25) is 5.91 Å². The third kappa shape index (κ3) is 5.85. The molecule has 0 saturated carbocycles. The number of carboxylic acids is 1. The molecule has 21 heavy (non-hydrogen) atoms. The van der Waals surface area contributed by atoms with Crippen LogP contribution in [0.15, 0.2) is 22.7 Å². The summed E-state index contributed by atoms with van der Waals surface area (Å²) in [6.07, 6.45) is 1.27. The minimum Gasteiger partial charge on any atom is -0.478 e. The van der Waals surface area contributed by atoms with Gasteiger partial charge in [-0.05, 0) is 58.9 Å². The fraction of sp³-hybridized carbons (Fsp3) is 0.467. The van der Waals surface area contributed by atoms with Gasteiger partial charge in [0.05, 0.1) is 11.3 Å².